The first-order valence-electron chi connectivity index (χ1n) is 7.32. The SMILES string of the molecule is Cc1nc2nc3nc(-c4cc(C)c(C)cc4C)[nH]c3cc2[nH]1. The molecule has 4 rings (SSSR count). The van der Waals surface area contributed by atoms with Gasteiger partial charge in [0.2, 0.25) is 0 Å². The van der Waals surface area contributed by atoms with Crippen LogP contribution in [0.5, 0.6) is 0 Å². The zero-order valence-corrected chi connectivity index (χ0v) is 13.1. The minimum atomic E-state index is 0.701. The molecule has 2 N–H and O–H groups in total. The number of hydrogen-bond donors (Lipinski definition) is 2. The molecule has 0 saturated carbocycles. The van der Waals surface area contributed by atoms with Crippen LogP contribution in [0.3, 0.4) is 0 Å². The van der Waals surface area contributed by atoms with Gasteiger partial charge in [0.1, 0.15) is 11.6 Å². The number of nitrogens with zero attached hydrogens (tertiary/aromatic N) is 3. The number of rotatable bonds is 1. The topological polar surface area (TPSA) is 70.2 Å². The highest BCUT2D eigenvalue weighted by molar-refractivity contribution is 5.87. The molecule has 3 aromatic heterocycles. The summed E-state index contributed by atoms with van der Waals surface area (Å²) in [6.45, 7) is 8.28. The van der Waals surface area contributed by atoms with Crippen molar-refractivity contribution in [1.82, 2.24) is 24.9 Å². The van der Waals surface area contributed by atoms with Crippen molar-refractivity contribution in [3.63, 3.8) is 0 Å². The van der Waals surface area contributed by atoms with Crippen LogP contribution in [-0.2, 0) is 0 Å². The third-order valence-electron chi connectivity index (χ3n) is 4.14. The Morgan fingerprint density at radius 3 is 2.18 bits per heavy atom. The number of aryl methyl sites for hydroxylation is 4. The van der Waals surface area contributed by atoms with Crippen molar-refractivity contribution in [2.24, 2.45) is 0 Å². The minimum Gasteiger partial charge on any atom is -0.341 e. The van der Waals surface area contributed by atoms with Gasteiger partial charge in [0.05, 0.1) is 11.0 Å². The van der Waals surface area contributed by atoms with Crippen LogP contribution in [0.2, 0.25) is 0 Å². The molecular formula is C17H17N5. The van der Waals surface area contributed by atoms with E-state index in [0.717, 1.165) is 28.2 Å². The molecular weight excluding hydrogens is 274 g/mol. The Morgan fingerprint density at radius 1 is 0.682 bits per heavy atom. The first-order chi connectivity index (χ1) is 10.5. The van der Waals surface area contributed by atoms with Gasteiger partial charge in [-0.05, 0) is 56.5 Å². The van der Waals surface area contributed by atoms with E-state index in [4.69, 9.17) is 0 Å². The van der Waals surface area contributed by atoms with Gasteiger partial charge in [-0.1, -0.05) is 6.07 Å². The second-order valence-corrected chi connectivity index (χ2v) is 5.89. The lowest BCUT2D eigenvalue weighted by atomic mass is 10.0. The average molecular weight is 291 g/mol. The fourth-order valence-electron chi connectivity index (χ4n) is 2.83. The molecule has 22 heavy (non-hydrogen) atoms. The van der Waals surface area contributed by atoms with Gasteiger partial charge in [-0.3, -0.25) is 0 Å². The molecule has 0 aliphatic carbocycles. The molecule has 4 aromatic rings. The lowest BCUT2D eigenvalue weighted by Gasteiger charge is -2.07. The summed E-state index contributed by atoms with van der Waals surface area (Å²) in [5.74, 6) is 1.72. The lowest BCUT2D eigenvalue weighted by molar-refractivity contribution is 1.16. The smallest absolute Gasteiger partial charge is 0.180 e. The summed E-state index contributed by atoms with van der Waals surface area (Å²) in [7, 11) is 0. The summed E-state index contributed by atoms with van der Waals surface area (Å²) < 4.78 is 0. The van der Waals surface area contributed by atoms with Gasteiger partial charge < -0.3 is 9.97 Å². The average Bonchev–Trinajstić information content (AvgIpc) is 3.01. The molecule has 0 radical (unpaired) electrons. The lowest BCUT2D eigenvalue weighted by Crippen LogP contribution is -1.90. The van der Waals surface area contributed by atoms with E-state index < -0.39 is 0 Å². The normalized spacial score (nSPS) is 11.6. The predicted octanol–water partition coefficient (Wildman–Crippen LogP) is 3.73. The van der Waals surface area contributed by atoms with Crippen molar-refractivity contribution in [3.8, 4) is 11.4 Å². The molecule has 0 aliphatic heterocycles. The molecule has 0 unspecified atom stereocenters. The highest BCUT2D eigenvalue weighted by atomic mass is 15.0. The molecule has 0 atom stereocenters. The van der Waals surface area contributed by atoms with E-state index in [1.807, 2.05) is 13.0 Å². The molecule has 0 aliphatic rings. The van der Waals surface area contributed by atoms with Crippen molar-refractivity contribution in [2.45, 2.75) is 27.7 Å². The molecule has 0 fully saturated rings. The fraction of sp³-hybridized carbons (Fsp3) is 0.235. The Bertz CT molecular complexity index is 972. The Morgan fingerprint density at radius 2 is 1.36 bits per heavy atom. The zero-order valence-electron chi connectivity index (χ0n) is 13.1. The standard InChI is InChI=1S/C17H17N5/c1-8-5-10(3)12(6-9(8)2)15-20-14-7-13-16(19-11(4)18-13)22-17(14)21-15/h5-7H,1-4H3,(H2,18,19,20,21,22). The number of nitrogens with one attached hydrogen (secondary N) is 2. The highest BCUT2D eigenvalue weighted by Crippen LogP contribution is 2.26. The quantitative estimate of drug-likeness (QED) is 0.561. The van der Waals surface area contributed by atoms with Gasteiger partial charge in [-0.2, -0.15) is 0 Å². The fourth-order valence-corrected chi connectivity index (χ4v) is 2.83. The number of hydrogen-bond acceptors (Lipinski definition) is 3. The van der Waals surface area contributed by atoms with Crippen LogP contribution in [0.15, 0.2) is 18.2 Å². The number of fused-ring (bicyclic) bond motifs is 2. The van der Waals surface area contributed by atoms with Gasteiger partial charge in [0.15, 0.2) is 11.3 Å². The highest BCUT2D eigenvalue weighted by Gasteiger charge is 2.12. The van der Waals surface area contributed by atoms with Gasteiger partial charge in [0, 0.05) is 5.56 Å². The summed E-state index contributed by atoms with van der Waals surface area (Å²) in [5, 5.41) is 0. The van der Waals surface area contributed by atoms with E-state index in [0.29, 0.717) is 11.3 Å². The van der Waals surface area contributed by atoms with E-state index in [1.165, 1.54) is 16.7 Å². The molecule has 5 nitrogen and oxygen atoms in total. The van der Waals surface area contributed by atoms with Gasteiger partial charge in [-0.15, -0.1) is 0 Å². The molecule has 0 spiro atoms. The molecule has 0 saturated heterocycles. The van der Waals surface area contributed by atoms with Crippen LogP contribution >= 0.6 is 0 Å². The van der Waals surface area contributed by atoms with E-state index in [-0.39, 0.29) is 0 Å². The number of imidazole rings is 2. The van der Waals surface area contributed by atoms with Crippen LogP contribution in [-0.4, -0.2) is 24.9 Å². The van der Waals surface area contributed by atoms with Crippen LogP contribution in [0.25, 0.3) is 33.7 Å². The van der Waals surface area contributed by atoms with Crippen molar-refractivity contribution < 1.29 is 0 Å². The first kappa shape index (κ1) is 13.0. The van der Waals surface area contributed by atoms with Crippen molar-refractivity contribution in [2.75, 3.05) is 0 Å². The first-order valence-corrected chi connectivity index (χ1v) is 7.32. The Kier molecular flexibility index (Phi) is 2.60. The maximum Gasteiger partial charge on any atom is 0.180 e. The third-order valence-corrected chi connectivity index (χ3v) is 4.14. The second-order valence-electron chi connectivity index (χ2n) is 5.89. The van der Waals surface area contributed by atoms with E-state index in [2.05, 4.69) is 57.8 Å². The Hall–Kier alpha value is -2.69. The molecule has 0 amide bonds. The second kappa shape index (κ2) is 4.40. The Balaban J connectivity index is 1.94. The molecule has 5 heteroatoms. The summed E-state index contributed by atoms with van der Waals surface area (Å²) in [6.07, 6.45) is 0. The van der Waals surface area contributed by atoms with Crippen molar-refractivity contribution in [1.29, 1.82) is 0 Å². The molecule has 110 valence electrons. The van der Waals surface area contributed by atoms with Crippen molar-refractivity contribution >= 4 is 22.3 Å². The number of benzene rings is 1. The van der Waals surface area contributed by atoms with Crippen LogP contribution in [0.4, 0.5) is 0 Å². The maximum absolute atomic E-state index is 4.65. The number of pyridine rings is 1. The van der Waals surface area contributed by atoms with Gasteiger partial charge >= 0.3 is 0 Å². The molecule has 0 bridgehead atoms. The van der Waals surface area contributed by atoms with Gasteiger partial charge in [-0.25, -0.2) is 15.0 Å². The zero-order chi connectivity index (χ0) is 15.4. The molecule has 1 aromatic carbocycles. The number of aromatic amines is 2. The van der Waals surface area contributed by atoms with Crippen LogP contribution < -0.4 is 0 Å². The third kappa shape index (κ3) is 1.89. The molecule has 3 heterocycles. The maximum atomic E-state index is 4.65. The van der Waals surface area contributed by atoms with Crippen LogP contribution in [0.1, 0.15) is 22.5 Å². The summed E-state index contributed by atoms with van der Waals surface area (Å²) in [6, 6.07) is 6.39. The van der Waals surface area contributed by atoms with Crippen molar-refractivity contribution in [3.05, 3.63) is 40.7 Å². The number of aromatic nitrogens is 5. The van der Waals surface area contributed by atoms with E-state index >= 15 is 0 Å². The minimum absolute atomic E-state index is 0.701. The summed E-state index contributed by atoms with van der Waals surface area (Å²) in [5.41, 5.74) is 8.14. The predicted molar refractivity (Wildman–Crippen MR) is 87.9 cm³/mol. The summed E-state index contributed by atoms with van der Waals surface area (Å²) in [4.78, 5) is 20.1. The van der Waals surface area contributed by atoms with E-state index in [9.17, 15) is 0 Å². The summed E-state index contributed by atoms with van der Waals surface area (Å²) >= 11 is 0. The number of H-pyrrole nitrogens is 2. The van der Waals surface area contributed by atoms with E-state index in [1.54, 1.807) is 0 Å². The Labute approximate surface area is 127 Å². The largest absolute Gasteiger partial charge is 0.341 e. The van der Waals surface area contributed by atoms with Gasteiger partial charge in [0.25, 0.3) is 0 Å². The van der Waals surface area contributed by atoms with Crippen LogP contribution in [0, 0.1) is 27.7 Å². The monoisotopic (exact) mass is 291 g/mol.